The smallest absolute Gasteiger partial charge is 0.386 e. The SMILES string of the molecule is CC/C=C\C[C@@H]1C(=O)CCC1CCCCCCCC(=O)SCCNC(=O)CCNC(=O)[C@H](O)C(C)(C)COP(=O)(O)OP(=O)(O)OC[C@H]1O[C@@H](n2cnc3c(N)ncnc32)C(O)[C@H]1OP(=O)(O)O. The molecule has 3 heterocycles. The van der Waals surface area contributed by atoms with E-state index >= 15 is 0 Å². The Balaban J connectivity index is 1.09. The fraction of sp³-hybridized carbons (Fsp3) is 0.718. The summed E-state index contributed by atoms with van der Waals surface area (Å²) in [6.07, 6.45) is 7.21. The van der Waals surface area contributed by atoms with Crippen LogP contribution < -0.4 is 16.4 Å². The van der Waals surface area contributed by atoms with Crippen molar-refractivity contribution >= 4 is 74.9 Å². The number of imidazole rings is 1. The first kappa shape index (κ1) is 57.5. The third-order valence-corrected chi connectivity index (χ3v) is 15.3. The standard InChI is InChI=1S/C39H64N7O18P3S/c1-4-5-9-13-26-25(15-16-27(26)47)12-10-7-6-8-11-14-30(49)68-20-19-41-29(48)17-18-42-37(52)34(51)39(2,3)22-61-67(58,59)64-66(56,57)60-21-28-33(63-65(53,54)55)32(50)38(62-28)46-24-45-31-35(40)43-23-44-36(31)46/h5,9,23-26,28,32-34,38,50-51H,4,6-8,10-22H2,1-3H3,(H,41,48)(H,42,52)(H,56,57)(H,58,59)(H2,40,43,44)(H2,53,54,55)/b9-5-/t25?,26-,28+,32?,33-,34-,38+/m0/s1. The van der Waals surface area contributed by atoms with Crippen molar-refractivity contribution in [2.24, 2.45) is 17.3 Å². The second kappa shape index (κ2) is 26.4. The van der Waals surface area contributed by atoms with Gasteiger partial charge in [-0.1, -0.05) is 70.4 Å². The maximum Gasteiger partial charge on any atom is 0.481 e. The van der Waals surface area contributed by atoms with E-state index in [9.17, 15) is 62.7 Å². The Bertz CT molecular complexity index is 2200. The van der Waals surface area contributed by atoms with Gasteiger partial charge in [0.1, 0.15) is 42.0 Å². The summed E-state index contributed by atoms with van der Waals surface area (Å²) in [5.41, 5.74) is 4.27. The van der Waals surface area contributed by atoms with Crippen LogP contribution in [0.1, 0.15) is 104 Å². The number of hydrogen-bond acceptors (Lipinski definition) is 19. The zero-order valence-electron chi connectivity index (χ0n) is 38.1. The number of phosphoric acid groups is 3. The van der Waals surface area contributed by atoms with Crippen LogP contribution in [-0.2, 0) is 55.5 Å². The predicted molar refractivity (Wildman–Crippen MR) is 245 cm³/mol. The molecule has 10 N–H and O–H groups in total. The zero-order valence-corrected chi connectivity index (χ0v) is 41.6. The molecule has 2 aliphatic rings. The Morgan fingerprint density at radius 3 is 2.43 bits per heavy atom. The summed E-state index contributed by atoms with van der Waals surface area (Å²) in [5, 5.41) is 26.6. The average molecular weight is 1040 g/mol. The molecule has 4 rings (SSSR count). The number of anilines is 1. The summed E-state index contributed by atoms with van der Waals surface area (Å²) in [4.78, 5) is 101. The number of phosphoric ester groups is 3. The minimum absolute atomic E-state index is 0.0291. The van der Waals surface area contributed by atoms with Crippen LogP contribution in [0.5, 0.6) is 0 Å². The van der Waals surface area contributed by atoms with Crippen LogP contribution in [0.15, 0.2) is 24.8 Å². The number of aromatic nitrogens is 4. The summed E-state index contributed by atoms with van der Waals surface area (Å²) in [6.45, 7) is 2.59. The number of rotatable bonds is 30. The van der Waals surface area contributed by atoms with Crippen molar-refractivity contribution in [3.63, 3.8) is 0 Å². The number of unbranched alkanes of at least 4 members (excludes halogenated alkanes) is 4. The molecule has 2 aromatic heterocycles. The number of amides is 2. The van der Waals surface area contributed by atoms with Crippen molar-refractivity contribution in [1.82, 2.24) is 30.2 Å². The molecule has 4 unspecified atom stereocenters. The number of ether oxygens (including phenoxy) is 1. The molecule has 0 bridgehead atoms. The Kier molecular flexibility index (Phi) is 22.4. The highest BCUT2D eigenvalue weighted by Gasteiger charge is 2.50. The normalized spacial score (nSPS) is 23.5. The molecule has 1 aliphatic carbocycles. The van der Waals surface area contributed by atoms with Crippen LogP contribution in [0, 0.1) is 17.3 Å². The first-order valence-electron chi connectivity index (χ1n) is 22.2. The molecule has 2 fully saturated rings. The van der Waals surface area contributed by atoms with Crippen molar-refractivity contribution in [1.29, 1.82) is 0 Å². The molecule has 2 aromatic rings. The zero-order chi connectivity index (χ0) is 50.3. The summed E-state index contributed by atoms with van der Waals surface area (Å²) in [5.74, 6) is -0.0584. The molecule has 0 spiro atoms. The van der Waals surface area contributed by atoms with Crippen molar-refractivity contribution in [2.75, 3.05) is 37.8 Å². The second-order valence-corrected chi connectivity index (χ2v) is 22.5. The van der Waals surface area contributed by atoms with Crippen molar-refractivity contribution in [2.45, 2.75) is 128 Å². The quantitative estimate of drug-likeness (QED) is 0.0308. The molecule has 1 aliphatic heterocycles. The number of hydrogen-bond donors (Lipinski definition) is 9. The molecule has 68 heavy (non-hydrogen) atoms. The van der Waals surface area contributed by atoms with Crippen molar-refractivity contribution < 1.29 is 85.3 Å². The van der Waals surface area contributed by atoms with Gasteiger partial charge in [0.15, 0.2) is 22.8 Å². The lowest BCUT2D eigenvalue weighted by atomic mass is 9.87. The minimum atomic E-state index is -5.58. The van der Waals surface area contributed by atoms with Gasteiger partial charge in [-0.15, -0.1) is 0 Å². The number of ketones is 1. The fourth-order valence-electron chi connectivity index (χ4n) is 7.63. The number of allylic oxidation sites excluding steroid dienone is 2. The summed E-state index contributed by atoms with van der Waals surface area (Å²) in [7, 11) is -16.4. The van der Waals surface area contributed by atoms with Gasteiger partial charge in [-0.05, 0) is 38.0 Å². The number of aliphatic hydroxyl groups is 2. The Morgan fingerprint density at radius 2 is 1.71 bits per heavy atom. The van der Waals surface area contributed by atoms with Crippen LogP contribution in [0.25, 0.3) is 11.2 Å². The molecule has 0 radical (unpaired) electrons. The van der Waals surface area contributed by atoms with Crippen LogP contribution in [0.2, 0.25) is 0 Å². The third-order valence-electron chi connectivity index (χ3n) is 11.3. The number of nitrogen functional groups attached to an aromatic ring is 1. The van der Waals surface area contributed by atoms with Gasteiger partial charge in [-0.3, -0.25) is 37.3 Å². The van der Waals surface area contributed by atoms with Crippen LogP contribution in [0.4, 0.5) is 5.82 Å². The first-order chi connectivity index (χ1) is 31.9. The van der Waals surface area contributed by atoms with E-state index in [0.717, 1.165) is 86.8 Å². The molecule has 0 aromatic carbocycles. The van der Waals surface area contributed by atoms with Gasteiger partial charge in [0.05, 0.1) is 19.5 Å². The first-order valence-corrected chi connectivity index (χ1v) is 27.7. The number of carbonyl (C=O) groups is 4. The van der Waals surface area contributed by atoms with Gasteiger partial charge in [0.25, 0.3) is 0 Å². The van der Waals surface area contributed by atoms with Gasteiger partial charge in [-0.2, -0.15) is 4.31 Å². The Hall–Kier alpha value is -3.03. The van der Waals surface area contributed by atoms with Gasteiger partial charge >= 0.3 is 23.5 Å². The number of carbonyl (C=O) groups excluding carboxylic acids is 4. The molecular formula is C39H64N7O18P3S. The van der Waals surface area contributed by atoms with E-state index in [4.69, 9.17) is 19.5 Å². The van der Waals surface area contributed by atoms with Gasteiger partial charge in [0, 0.05) is 49.4 Å². The van der Waals surface area contributed by atoms with Crippen LogP contribution >= 0.6 is 35.2 Å². The fourth-order valence-corrected chi connectivity index (χ4v) is 11.2. The second-order valence-electron chi connectivity index (χ2n) is 17.1. The van der Waals surface area contributed by atoms with Crippen LogP contribution in [0.3, 0.4) is 0 Å². The molecule has 9 atom stereocenters. The highest BCUT2D eigenvalue weighted by molar-refractivity contribution is 8.13. The van der Waals surface area contributed by atoms with E-state index in [1.807, 2.05) is 0 Å². The predicted octanol–water partition coefficient (Wildman–Crippen LogP) is 3.35. The number of nitrogens with zero attached hydrogens (tertiary/aromatic N) is 4. The lowest BCUT2D eigenvalue weighted by Gasteiger charge is -2.30. The topological polar surface area (TPSA) is 381 Å². The average Bonchev–Trinajstić information content (AvgIpc) is 3.94. The summed E-state index contributed by atoms with van der Waals surface area (Å²) in [6, 6.07) is 0. The Labute approximate surface area is 397 Å². The molecule has 25 nitrogen and oxygen atoms in total. The van der Waals surface area contributed by atoms with Crippen molar-refractivity contribution in [3.05, 3.63) is 24.8 Å². The van der Waals surface area contributed by atoms with E-state index in [1.165, 1.54) is 13.8 Å². The molecule has 29 heteroatoms. The highest BCUT2D eigenvalue weighted by atomic mass is 32.2. The van der Waals surface area contributed by atoms with Gasteiger partial charge in [-0.25, -0.2) is 28.6 Å². The number of nitrogens with one attached hydrogen (secondary N) is 2. The van der Waals surface area contributed by atoms with E-state index in [1.54, 1.807) is 0 Å². The highest BCUT2D eigenvalue weighted by Crippen LogP contribution is 2.61. The van der Waals surface area contributed by atoms with Crippen molar-refractivity contribution in [3.8, 4) is 0 Å². The number of Topliss-reactive ketones (excluding diaryl/α,β-unsaturated/α-hetero) is 1. The van der Waals surface area contributed by atoms with E-state index in [-0.39, 0.29) is 47.5 Å². The number of fused-ring (bicyclic) bond motifs is 1. The molecule has 1 saturated heterocycles. The van der Waals surface area contributed by atoms with Crippen LogP contribution in [-0.4, -0.2) is 128 Å². The molecule has 2 amide bonds. The number of thioether (sulfide) groups is 1. The third kappa shape index (κ3) is 18.3. The van der Waals surface area contributed by atoms with E-state index in [2.05, 4.69) is 53.5 Å². The van der Waals surface area contributed by atoms with E-state index < -0.39 is 84.6 Å². The largest absolute Gasteiger partial charge is 0.481 e. The summed E-state index contributed by atoms with van der Waals surface area (Å²) >= 11 is 1.13. The lowest BCUT2D eigenvalue weighted by Crippen LogP contribution is -2.46. The monoisotopic (exact) mass is 1040 g/mol. The van der Waals surface area contributed by atoms with Gasteiger partial charge in [0.2, 0.25) is 11.8 Å². The lowest BCUT2D eigenvalue weighted by molar-refractivity contribution is -0.137. The summed E-state index contributed by atoms with van der Waals surface area (Å²) < 4.78 is 62.4. The maximum absolute atomic E-state index is 12.7. The van der Waals surface area contributed by atoms with Gasteiger partial charge < -0.3 is 50.9 Å². The molecular weight excluding hydrogens is 979 g/mol. The maximum atomic E-state index is 12.7. The number of nitrogens with two attached hydrogens (primary N) is 1. The van der Waals surface area contributed by atoms with E-state index in [0.29, 0.717) is 30.3 Å². The molecule has 384 valence electrons. The Morgan fingerprint density at radius 1 is 1.00 bits per heavy atom. The molecule has 1 saturated carbocycles. The minimum Gasteiger partial charge on any atom is -0.386 e. The number of aliphatic hydroxyl groups excluding tert-OH is 2.